The molecular formula is C7H10Cl2O2. The summed E-state index contributed by atoms with van der Waals surface area (Å²) in [6.07, 6.45) is 0.523. The van der Waals surface area contributed by atoms with Crippen LogP contribution < -0.4 is 0 Å². The maximum atomic E-state index is 9.83. The molecule has 0 heterocycles. The van der Waals surface area contributed by atoms with Crippen LogP contribution in [0.15, 0.2) is 23.2 Å². The van der Waals surface area contributed by atoms with E-state index in [1.165, 1.54) is 0 Å². The van der Waals surface area contributed by atoms with Crippen molar-refractivity contribution in [1.82, 2.24) is 0 Å². The van der Waals surface area contributed by atoms with Crippen LogP contribution in [-0.2, 0) is 4.79 Å². The van der Waals surface area contributed by atoms with Gasteiger partial charge >= 0.3 is 5.97 Å². The minimum Gasteiger partial charge on any atom is -0.478 e. The second-order valence-corrected chi connectivity index (χ2v) is 2.71. The fourth-order valence-corrected chi connectivity index (χ4v) is 0.151. The Labute approximate surface area is 76.1 Å². The van der Waals surface area contributed by atoms with Crippen molar-refractivity contribution in [3.8, 4) is 0 Å². The van der Waals surface area contributed by atoms with Gasteiger partial charge in [0.2, 0.25) is 0 Å². The lowest BCUT2D eigenvalue weighted by Gasteiger charge is -1.87. The van der Waals surface area contributed by atoms with Gasteiger partial charge in [-0.15, -0.1) is 0 Å². The molecule has 0 amide bonds. The highest BCUT2D eigenvalue weighted by molar-refractivity contribution is 6.55. The van der Waals surface area contributed by atoms with Crippen molar-refractivity contribution in [3.63, 3.8) is 0 Å². The third-order valence-corrected chi connectivity index (χ3v) is 0.729. The minimum absolute atomic E-state index is 0.111. The van der Waals surface area contributed by atoms with Gasteiger partial charge in [-0.1, -0.05) is 43.3 Å². The molecule has 0 aromatic carbocycles. The van der Waals surface area contributed by atoms with Crippen LogP contribution in [-0.4, -0.2) is 11.1 Å². The fourth-order valence-electron chi connectivity index (χ4n) is 0.151. The van der Waals surface area contributed by atoms with E-state index < -0.39 is 5.97 Å². The Kier molecular flexibility index (Phi) is 9.12. The number of carboxylic acid groups (broad SMARTS) is 1. The van der Waals surface area contributed by atoms with Crippen molar-refractivity contribution >= 4 is 29.2 Å². The maximum absolute atomic E-state index is 9.83. The van der Waals surface area contributed by atoms with Crippen LogP contribution in [0.4, 0.5) is 0 Å². The summed E-state index contributed by atoms with van der Waals surface area (Å²) in [6, 6.07) is 0. The molecule has 0 aliphatic heterocycles. The number of carbonyl (C=O) groups is 1. The molecule has 64 valence electrons. The van der Waals surface area contributed by atoms with E-state index in [0.29, 0.717) is 6.42 Å². The smallest absolute Gasteiger partial charge is 0.330 e. The quantitative estimate of drug-likeness (QED) is 0.691. The van der Waals surface area contributed by atoms with Gasteiger partial charge in [0, 0.05) is 5.57 Å². The first kappa shape index (κ1) is 13.1. The molecule has 0 atom stereocenters. The van der Waals surface area contributed by atoms with E-state index in [9.17, 15) is 4.79 Å². The van der Waals surface area contributed by atoms with Crippen LogP contribution in [0.5, 0.6) is 0 Å². The Morgan fingerprint density at radius 2 is 1.73 bits per heavy atom. The lowest BCUT2D eigenvalue weighted by molar-refractivity contribution is -0.132. The molecule has 4 heteroatoms. The SMILES string of the molecule is C=C(CC)C(=O)O.C=C(Cl)Cl. The van der Waals surface area contributed by atoms with Crippen LogP contribution in [0.3, 0.4) is 0 Å². The zero-order chi connectivity index (χ0) is 9.44. The molecule has 2 nitrogen and oxygen atoms in total. The Hall–Kier alpha value is -0.470. The van der Waals surface area contributed by atoms with Crippen molar-refractivity contribution in [3.05, 3.63) is 23.2 Å². The number of halogens is 2. The highest BCUT2D eigenvalue weighted by Crippen LogP contribution is 1.98. The van der Waals surface area contributed by atoms with Crippen molar-refractivity contribution in [1.29, 1.82) is 0 Å². The van der Waals surface area contributed by atoms with Gasteiger partial charge in [0.05, 0.1) is 4.49 Å². The predicted molar refractivity (Wildman–Crippen MR) is 47.9 cm³/mol. The predicted octanol–water partition coefficient (Wildman–Crippen LogP) is 2.97. The summed E-state index contributed by atoms with van der Waals surface area (Å²) in [5.41, 5.74) is 0.264. The van der Waals surface area contributed by atoms with Gasteiger partial charge in [0.25, 0.3) is 0 Å². The van der Waals surface area contributed by atoms with Crippen molar-refractivity contribution in [2.45, 2.75) is 13.3 Å². The monoisotopic (exact) mass is 196 g/mol. The molecular weight excluding hydrogens is 187 g/mol. The van der Waals surface area contributed by atoms with Crippen LogP contribution >= 0.6 is 23.2 Å². The summed E-state index contributed by atoms with van der Waals surface area (Å²) in [7, 11) is 0. The molecule has 11 heavy (non-hydrogen) atoms. The second kappa shape index (κ2) is 7.63. The first-order valence-corrected chi connectivity index (χ1v) is 3.58. The van der Waals surface area contributed by atoms with Crippen molar-refractivity contribution < 1.29 is 9.90 Å². The zero-order valence-corrected chi connectivity index (χ0v) is 7.74. The zero-order valence-electron chi connectivity index (χ0n) is 6.23. The molecule has 0 saturated carbocycles. The van der Waals surface area contributed by atoms with E-state index in [0.717, 1.165) is 0 Å². The molecule has 0 unspecified atom stereocenters. The van der Waals surface area contributed by atoms with E-state index in [1.54, 1.807) is 6.92 Å². The third-order valence-electron chi connectivity index (χ3n) is 0.729. The normalized spacial score (nSPS) is 7.55. The maximum Gasteiger partial charge on any atom is 0.330 e. The van der Waals surface area contributed by atoms with Crippen LogP contribution in [0, 0.1) is 0 Å². The van der Waals surface area contributed by atoms with E-state index in [4.69, 9.17) is 28.3 Å². The summed E-state index contributed by atoms with van der Waals surface area (Å²) in [5, 5.41) is 8.08. The van der Waals surface area contributed by atoms with Crippen LogP contribution in [0.2, 0.25) is 0 Å². The summed E-state index contributed by atoms with van der Waals surface area (Å²) in [6.45, 7) is 8.12. The minimum atomic E-state index is -0.900. The van der Waals surface area contributed by atoms with E-state index in [-0.39, 0.29) is 10.1 Å². The first-order chi connectivity index (χ1) is 4.91. The number of hydrogen-bond acceptors (Lipinski definition) is 1. The fraction of sp³-hybridized carbons (Fsp3) is 0.286. The van der Waals surface area contributed by atoms with Crippen LogP contribution in [0.1, 0.15) is 13.3 Å². The van der Waals surface area contributed by atoms with Gasteiger partial charge < -0.3 is 5.11 Å². The Morgan fingerprint density at radius 3 is 1.73 bits per heavy atom. The number of hydrogen-bond donors (Lipinski definition) is 1. The summed E-state index contributed by atoms with van der Waals surface area (Å²) in [4.78, 5) is 9.83. The molecule has 0 radical (unpaired) electrons. The number of aliphatic carboxylic acids is 1. The average molecular weight is 197 g/mol. The number of carboxylic acids is 1. The molecule has 0 bridgehead atoms. The Bertz CT molecular complexity index is 160. The molecule has 0 aliphatic rings. The first-order valence-electron chi connectivity index (χ1n) is 2.82. The van der Waals surface area contributed by atoms with Gasteiger partial charge in [0.15, 0.2) is 0 Å². The van der Waals surface area contributed by atoms with Crippen LogP contribution in [0.25, 0.3) is 0 Å². The third kappa shape index (κ3) is 17.7. The molecule has 0 rings (SSSR count). The topological polar surface area (TPSA) is 37.3 Å². The lowest BCUT2D eigenvalue weighted by Crippen LogP contribution is -1.95. The van der Waals surface area contributed by atoms with E-state index in [2.05, 4.69) is 13.2 Å². The summed E-state index contributed by atoms with van der Waals surface area (Å²) >= 11 is 9.69. The number of rotatable bonds is 2. The van der Waals surface area contributed by atoms with Gasteiger partial charge in [-0.05, 0) is 6.42 Å². The van der Waals surface area contributed by atoms with Gasteiger partial charge in [-0.2, -0.15) is 0 Å². The Balaban J connectivity index is 0. The van der Waals surface area contributed by atoms with Gasteiger partial charge in [0.1, 0.15) is 0 Å². The lowest BCUT2D eigenvalue weighted by atomic mass is 10.2. The summed E-state index contributed by atoms with van der Waals surface area (Å²) < 4.78 is 0.111. The molecule has 0 fully saturated rings. The van der Waals surface area contributed by atoms with Gasteiger partial charge in [-0.25, -0.2) is 4.79 Å². The molecule has 0 aromatic heterocycles. The van der Waals surface area contributed by atoms with E-state index >= 15 is 0 Å². The van der Waals surface area contributed by atoms with E-state index in [1.807, 2.05) is 0 Å². The molecule has 0 aliphatic carbocycles. The average Bonchev–Trinajstić information content (AvgIpc) is 1.85. The second-order valence-electron chi connectivity index (χ2n) is 1.60. The molecule has 0 saturated heterocycles. The summed E-state index contributed by atoms with van der Waals surface area (Å²) in [5.74, 6) is -0.900. The highest BCUT2D eigenvalue weighted by Gasteiger charge is 1.96. The largest absolute Gasteiger partial charge is 0.478 e. The Morgan fingerprint density at radius 1 is 1.45 bits per heavy atom. The highest BCUT2D eigenvalue weighted by atomic mass is 35.5. The standard InChI is InChI=1S/C5H8O2.C2H2Cl2/c1-3-4(2)5(6)7;1-2(3)4/h2-3H2,1H3,(H,6,7);1H2. The van der Waals surface area contributed by atoms with Crippen molar-refractivity contribution in [2.24, 2.45) is 0 Å². The van der Waals surface area contributed by atoms with Crippen molar-refractivity contribution in [2.75, 3.05) is 0 Å². The molecule has 0 aromatic rings. The molecule has 1 N–H and O–H groups in total. The molecule has 0 spiro atoms. The van der Waals surface area contributed by atoms with Gasteiger partial charge in [-0.3, -0.25) is 0 Å².